The molecule has 0 bridgehead atoms. The SMILES string of the molecule is COc1ccc(CCNC(=O)c2cc(-c3ccc(C)cc3)n[nH]2)cc1OC. The zero-order valence-corrected chi connectivity index (χ0v) is 15.7. The predicted octanol–water partition coefficient (Wildman–Crippen LogP) is 3.37. The van der Waals surface area contributed by atoms with Crippen molar-refractivity contribution in [1.82, 2.24) is 15.5 Å². The topological polar surface area (TPSA) is 76.2 Å². The number of ether oxygens (including phenoxy) is 2. The standard InChI is InChI=1S/C21H23N3O3/c1-14-4-7-16(8-5-14)17-13-18(24-23-17)21(25)22-11-10-15-6-9-19(26-2)20(12-15)27-3/h4-9,12-13H,10-11H2,1-3H3,(H,22,25)(H,23,24). The lowest BCUT2D eigenvalue weighted by atomic mass is 10.1. The predicted molar refractivity (Wildman–Crippen MR) is 104 cm³/mol. The first-order valence-electron chi connectivity index (χ1n) is 8.72. The number of nitrogens with one attached hydrogen (secondary N) is 2. The maximum Gasteiger partial charge on any atom is 0.269 e. The Bertz CT molecular complexity index is 917. The molecule has 0 aliphatic carbocycles. The van der Waals surface area contributed by atoms with Crippen LogP contribution in [0.25, 0.3) is 11.3 Å². The number of aromatic nitrogens is 2. The smallest absolute Gasteiger partial charge is 0.269 e. The normalized spacial score (nSPS) is 10.5. The summed E-state index contributed by atoms with van der Waals surface area (Å²) in [5.41, 5.74) is 4.40. The molecule has 0 atom stereocenters. The number of carbonyl (C=O) groups is 1. The lowest BCUT2D eigenvalue weighted by molar-refractivity contribution is 0.0949. The molecule has 6 nitrogen and oxygen atoms in total. The van der Waals surface area contributed by atoms with Gasteiger partial charge in [-0.3, -0.25) is 9.89 Å². The lowest BCUT2D eigenvalue weighted by Crippen LogP contribution is -2.26. The Morgan fingerprint density at radius 1 is 1.04 bits per heavy atom. The lowest BCUT2D eigenvalue weighted by Gasteiger charge is -2.09. The Morgan fingerprint density at radius 3 is 2.48 bits per heavy atom. The molecule has 0 saturated heterocycles. The number of benzene rings is 2. The van der Waals surface area contributed by atoms with Crippen molar-refractivity contribution in [3.05, 3.63) is 65.4 Å². The van der Waals surface area contributed by atoms with Gasteiger partial charge in [0, 0.05) is 12.1 Å². The molecular formula is C21H23N3O3. The molecule has 0 aliphatic heterocycles. The van der Waals surface area contributed by atoms with Gasteiger partial charge in [-0.05, 0) is 37.1 Å². The molecule has 0 radical (unpaired) electrons. The summed E-state index contributed by atoms with van der Waals surface area (Å²) in [6.07, 6.45) is 0.686. The molecule has 2 aromatic carbocycles. The van der Waals surface area contributed by atoms with Gasteiger partial charge >= 0.3 is 0 Å². The van der Waals surface area contributed by atoms with Gasteiger partial charge in [0.05, 0.1) is 19.9 Å². The first-order chi connectivity index (χ1) is 13.1. The quantitative estimate of drug-likeness (QED) is 0.673. The van der Waals surface area contributed by atoms with E-state index in [4.69, 9.17) is 9.47 Å². The molecule has 2 N–H and O–H groups in total. The van der Waals surface area contributed by atoms with E-state index in [-0.39, 0.29) is 5.91 Å². The Balaban J connectivity index is 1.58. The molecule has 1 heterocycles. The zero-order valence-electron chi connectivity index (χ0n) is 15.7. The molecule has 6 heteroatoms. The summed E-state index contributed by atoms with van der Waals surface area (Å²) in [6.45, 7) is 2.54. The molecule has 0 saturated carbocycles. The number of aryl methyl sites for hydroxylation is 1. The van der Waals surface area contributed by atoms with Crippen LogP contribution in [0.2, 0.25) is 0 Å². The first-order valence-corrected chi connectivity index (χ1v) is 8.72. The first kappa shape index (κ1) is 18.5. The van der Waals surface area contributed by atoms with E-state index >= 15 is 0 Å². The summed E-state index contributed by atoms with van der Waals surface area (Å²) < 4.78 is 10.5. The third-order valence-corrected chi connectivity index (χ3v) is 4.32. The van der Waals surface area contributed by atoms with E-state index < -0.39 is 0 Å². The average molecular weight is 365 g/mol. The highest BCUT2D eigenvalue weighted by Gasteiger charge is 2.11. The largest absolute Gasteiger partial charge is 0.493 e. The molecule has 0 aliphatic rings. The summed E-state index contributed by atoms with van der Waals surface area (Å²) in [5.74, 6) is 1.19. The van der Waals surface area contributed by atoms with Crippen LogP contribution < -0.4 is 14.8 Å². The van der Waals surface area contributed by atoms with Crippen LogP contribution in [-0.2, 0) is 6.42 Å². The van der Waals surface area contributed by atoms with E-state index in [1.165, 1.54) is 5.56 Å². The van der Waals surface area contributed by atoms with Gasteiger partial charge in [0.25, 0.3) is 5.91 Å². The van der Waals surface area contributed by atoms with Crippen molar-refractivity contribution in [3.63, 3.8) is 0 Å². The van der Waals surface area contributed by atoms with Crippen LogP contribution in [0.3, 0.4) is 0 Å². The van der Waals surface area contributed by atoms with Crippen molar-refractivity contribution >= 4 is 5.91 Å². The summed E-state index contributed by atoms with van der Waals surface area (Å²) in [6, 6.07) is 15.5. The van der Waals surface area contributed by atoms with E-state index in [1.54, 1.807) is 20.3 Å². The molecule has 140 valence electrons. The minimum Gasteiger partial charge on any atom is -0.493 e. The third-order valence-electron chi connectivity index (χ3n) is 4.32. The van der Waals surface area contributed by atoms with E-state index in [0.29, 0.717) is 30.2 Å². The Morgan fingerprint density at radius 2 is 1.78 bits per heavy atom. The second kappa shape index (κ2) is 8.40. The highest BCUT2D eigenvalue weighted by Crippen LogP contribution is 2.27. The fraction of sp³-hybridized carbons (Fsp3) is 0.238. The number of methoxy groups -OCH3 is 2. The monoisotopic (exact) mass is 365 g/mol. The summed E-state index contributed by atoms with van der Waals surface area (Å²) in [4.78, 5) is 12.3. The molecule has 0 spiro atoms. The molecule has 1 amide bonds. The van der Waals surface area contributed by atoms with Gasteiger partial charge in [0.2, 0.25) is 0 Å². The van der Waals surface area contributed by atoms with Gasteiger partial charge in [-0.25, -0.2) is 0 Å². The molecule has 0 fully saturated rings. The van der Waals surface area contributed by atoms with Crippen molar-refractivity contribution in [3.8, 4) is 22.8 Å². The number of aromatic amines is 1. The van der Waals surface area contributed by atoms with Gasteiger partial charge in [-0.1, -0.05) is 35.9 Å². The van der Waals surface area contributed by atoms with Gasteiger partial charge in [-0.15, -0.1) is 0 Å². The number of hydrogen-bond acceptors (Lipinski definition) is 4. The number of carbonyl (C=O) groups excluding carboxylic acids is 1. The molecule has 3 aromatic rings. The van der Waals surface area contributed by atoms with Crippen LogP contribution in [0.1, 0.15) is 21.6 Å². The van der Waals surface area contributed by atoms with E-state index in [9.17, 15) is 4.79 Å². The Kier molecular flexibility index (Phi) is 5.76. The van der Waals surface area contributed by atoms with Gasteiger partial charge in [0.1, 0.15) is 5.69 Å². The highest BCUT2D eigenvalue weighted by atomic mass is 16.5. The van der Waals surface area contributed by atoms with Crippen molar-refractivity contribution < 1.29 is 14.3 Å². The molecule has 1 aromatic heterocycles. The summed E-state index contributed by atoms with van der Waals surface area (Å²) in [5, 5.41) is 9.94. The van der Waals surface area contributed by atoms with Gasteiger partial charge in [-0.2, -0.15) is 5.10 Å². The van der Waals surface area contributed by atoms with Crippen molar-refractivity contribution in [2.75, 3.05) is 20.8 Å². The van der Waals surface area contributed by atoms with Gasteiger partial charge < -0.3 is 14.8 Å². The second-order valence-corrected chi connectivity index (χ2v) is 6.23. The Hall–Kier alpha value is -3.28. The number of rotatable bonds is 7. The van der Waals surface area contributed by atoms with Crippen LogP contribution in [0.5, 0.6) is 11.5 Å². The number of nitrogens with zero attached hydrogens (tertiary/aromatic N) is 1. The fourth-order valence-electron chi connectivity index (χ4n) is 2.76. The van der Waals surface area contributed by atoms with E-state index in [1.807, 2.05) is 49.4 Å². The van der Waals surface area contributed by atoms with Crippen molar-refractivity contribution in [1.29, 1.82) is 0 Å². The number of amides is 1. The minimum absolute atomic E-state index is 0.179. The van der Waals surface area contributed by atoms with Crippen LogP contribution in [0.15, 0.2) is 48.5 Å². The number of H-pyrrole nitrogens is 1. The van der Waals surface area contributed by atoms with E-state index in [2.05, 4.69) is 15.5 Å². The van der Waals surface area contributed by atoms with Crippen LogP contribution >= 0.6 is 0 Å². The summed E-state index contributed by atoms with van der Waals surface area (Å²) in [7, 11) is 3.21. The maximum absolute atomic E-state index is 12.3. The average Bonchev–Trinajstić information content (AvgIpc) is 3.18. The van der Waals surface area contributed by atoms with Crippen LogP contribution in [0, 0.1) is 6.92 Å². The maximum atomic E-state index is 12.3. The Labute approximate surface area is 158 Å². The van der Waals surface area contributed by atoms with Crippen molar-refractivity contribution in [2.24, 2.45) is 0 Å². The molecule has 0 unspecified atom stereocenters. The van der Waals surface area contributed by atoms with Crippen LogP contribution in [0.4, 0.5) is 0 Å². The third kappa shape index (κ3) is 4.47. The molecule has 3 rings (SSSR count). The zero-order chi connectivity index (χ0) is 19.2. The fourth-order valence-corrected chi connectivity index (χ4v) is 2.76. The van der Waals surface area contributed by atoms with Gasteiger partial charge in [0.15, 0.2) is 11.5 Å². The summed E-state index contributed by atoms with van der Waals surface area (Å²) >= 11 is 0. The van der Waals surface area contributed by atoms with Crippen LogP contribution in [-0.4, -0.2) is 36.9 Å². The minimum atomic E-state index is -0.179. The van der Waals surface area contributed by atoms with Crippen molar-refractivity contribution in [2.45, 2.75) is 13.3 Å². The highest BCUT2D eigenvalue weighted by molar-refractivity contribution is 5.93. The second-order valence-electron chi connectivity index (χ2n) is 6.23. The number of hydrogen-bond donors (Lipinski definition) is 2. The molecule has 27 heavy (non-hydrogen) atoms. The molecular weight excluding hydrogens is 342 g/mol. The van der Waals surface area contributed by atoms with E-state index in [0.717, 1.165) is 16.8 Å².